The lowest BCUT2D eigenvalue weighted by Crippen LogP contribution is -2.16. The van der Waals surface area contributed by atoms with Gasteiger partial charge in [-0.1, -0.05) is 24.3 Å². The molecule has 6 nitrogen and oxygen atoms in total. The van der Waals surface area contributed by atoms with E-state index in [2.05, 4.69) is 15.3 Å². The normalized spacial score (nSPS) is 10.5. The van der Waals surface area contributed by atoms with E-state index in [1.165, 1.54) is 0 Å². The van der Waals surface area contributed by atoms with Crippen LogP contribution in [0.3, 0.4) is 0 Å². The fourth-order valence-electron chi connectivity index (χ4n) is 2.69. The van der Waals surface area contributed by atoms with E-state index in [1.54, 1.807) is 47.6 Å². The smallest absolute Gasteiger partial charge is 0.274 e. The van der Waals surface area contributed by atoms with Crippen molar-refractivity contribution in [3.63, 3.8) is 0 Å². The summed E-state index contributed by atoms with van der Waals surface area (Å²) in [7, 11) is 0. The molecule has 6 heteroatoms. The molecule has 2 aromatic heterocycles. The zero-order chi connectivity index (χ0) is 19.3. The van der Waals surface area contributed by atoms with Gasteiger partial charge in [0, 0.05) is 23.6 Å². The summed E-state index contributed by atoms with van der Waals surface area (Å²) in [5.41, 5.74) is 3.06. The van der Waals surface area contributed by atoms with Gasteiger partial charge in [-0.3, -0.25) is 9.36 Å². The predicted octanol–water partition coefficient (Wildman–Crippen LogP) is 4.62. The van der Waals surface area contributed by atoms with Crippen LogP contribution in [0.5, 0.6) is 11.6 Å². The van der Waals surface area contributed by atoms with Gasteiger partial charge < -0.3 is 10.1 Å². The van der Waals surface area contributed by atoms with Crippen molar-refractivity contribution in [2.45, 2.75) is 6.92 Å². The first-order chi connectivity index (χ1) is 13.7. The van der Waals surface area contributed by atoms with E-state index >= 15 is 0 Å². The Morgan fingerprint density at radius 1 is 0.964 bits per heavy atom. The van der Waals surface area contributed by atoms with E-state index in [-0.39, 0.29) is 5.91 Å². The van der Waals surface area contributed by atoms with Gasteiger partial charge in [0.05, 0.1) is 12.5 Å². The largest absolute Gasteiger partial charge is 0.439 e. The minimum Gasteiger partial charge on any atom is -0.439 e. The Morgan fingerprint density at radius 3 is 2.46 bits per heavy atom. The van der Waals surface area contributed by atoms with Crippen LogP contribution < -0.4 is 10.1 Å². The maximum atomic E-state index is 12.7. The Balaban J connectivity index is 1.46. The van der Waals surface area contributed by atoms with E-state index in [0.29, 0.717) is 23.0 Å². The van der Waals surface area contributed by atoms with E-state index in [9.17, 15) is 4.79 Å². The van der Waals surface area contributed by atoms with Crippen LogP contribution in [0.4, 0.5) is 5.69 Å². The van der Waals surface area contributed by atoms with Crippen LogP contribution >= 0.6 is 0 Å². The number of pyridine rings is 1. The van der Waals surface area contributed by atoms with Gasteiger partial charge in [0.2, 0.25) is 5.88 Å². The number of nitrogens with zero attached hydrogens (tertiary/aromatic N) is 3. The van der Waals surface area contributed by atoms with Crippen LogP contribution in [-0.2, 0) is 0 Å². The Bertz CT molecular complexity index is 1070. The van der Waals surface area contributed by atoms with Crippen molar-refractivity contribution in [2.75, 3.05) is 5.32 Å². The third-order valence-electron chi connectivity index (χ3n) is 4.12. The van der Waals surface area contributed by atoms with Crippen molar-refractivity contribution in [1.29, 1.82) is 0 Å². The highest BCUT2D eigenvalue weighted by Gasteiger charge is 2.13. The second-order valence-corrected chi connectivity index (χ2v) is 6.24. The summed E-state index contributed by atoms with van der Waals surface area (Å²) in [6.07, 6.45) is 4.92. The minimum atomic E-state index is -0.241. The third-order valence-corrected chi connectivity index (χ3v) is 4.12. The molecule has 0 aliphatic rings. The molecule has 2 aromatic carbocycles. The van der Waals surface area contributed by atoms with Gasteiger partial charge in [0.15, 0.2) is 0 Å². The Kier molecular flexibility index (Phi) is 4.84. The number of ether oxygens (including phenoxy) is 1. The molecule has 0 atom stereocenters. The number of benzene rings is 2. The lowest BCUT2D eigenvalue weighted by atomic mass is 10.2. The zero-order valence-electron chi connectivity index (χ0n) is 15.2. The SMILES string of the molecule is Cc1ccc(Oc2ccc(NC(=O)c3cncn3-c3ccccc3)cc2)nc1. The standard InChI is InChI=1S/C22H18N4O2/c1-16-7-12-21(24-13-16)28-19-10-8-17(9-11-19)25-22(27)20-14-23-15-26(20)18-5-3-2-4-6-18/h2-15H,1H3,(H,25,27). The van der Waals surface area contributed by atoms with Gasteiger partial charge >= 0.3 is 0 Å². The highest BCUT2D eigenvalue weighted by molar-refractivity contribution is 6.03. The summed E-state index contributed by atoms with van der Waals surface area (Å²) < 4.78 is 7.45. The average molecular weight is 370 g/mol. The number of nitrogens with one attached hydrogen (secondary N) is 1. The van der Waals surface area contributed by atoms with E-state index < -0.39 is 0 Å². The summed E-state index contributed by atoms with van der Waals surface area (Å²) in [4.78, 5) is 21.0. The highest BCUT2D eigenvalue weighted by Crippen LogP contribution is 2.22. The van der Waals surface area contributed by atoms with Crippen molar-refractivity contribution in [2.24, 2.45) is 0 Å². The summed E-state index contributed by atoms with van der Waals surface area (Å²) in [6, 6.07) is 20.5. The molecule has 0 bridgehead atoms. The van der Waals surface area contributed by atoms with Crippen LogP contribution in [0.15, 0.2) is 85.5 Å². The van der Waals surface area contributed by atoms with Crippen molar-refractivity contribution in [1.82, 2.24) is 14.5 Å². The van der Waals surface area contributed by atoms with Crippen molar-refractivity contribution in [3.8, 4) is 17.3 Å². The molecule has 2 heterocycles. The molecular formula is C22H18N4O2. The molecule has 1 amide bonds. The van der Waals surface area contributed by atoms with Crippen molar-refractivity contribution in [3.05, 3.63) is 96.7 Å². The van der Waals surface area contributed by atoms with E-state index in [0.717, 1.165) is 11.3 Å². The van der Waals surface area contributed by atoms with Gasteiger partial charge in [0.25, 0.3) is 5.91 Å². The minimum absolute atomic E-state index is 0.241. The number of rotatable bonds is 5. The maximum Gasteiger partial charge on any atom is 0.274 e. The topological polar surface area (TPSA) is 69.0 Å². The van der Waals surface area contributed by atoms with Crippen LogP contribution in [0.2, 0.25) is 0 Å². The number of amides is 1. The zero-order valence-corrected chi connectivity index (χ0v) is 15.2. The summed E-state index contributed by atoms with van der Waals surface area (Å²) in [5.74, 6) is 0.924. The van der Waals surface area contributed by atoms with Crippen LogP contribution in [0.25, 0.3) is 5.69 Å². The lowest BCUT2D eigenvalue weighted by Gasteiger charge is -2.10. The first-order valence-corrected chi connectivity index (χ1v) is 8.79. The van der Waals surface area contributed by atoms with E-state index in [1.807, 2.05) is 49.4 Å². The second-order valence-electron chi connectivity index (χ2n) is 6.24. The van der Waals surface area contributed by atoms with Gasteiger partial charge in [-0.05, 0) is 48.9 Å². The number of carbonyl (C=O) groups excluding carboxylic acids is 1. The second kappa shape index (κ2) is 7.75. The van der Waals surface area contributed by atoms with Gasteiger partial charge in [-0.2, -0.15) is 0 Å². The molecule has 0 saturated carbocycles. The Morgan fingerprint density at radius 2 is 1.75 bits per heavy atom. The van der Waals surface area contributed by atoms with E-state index in [4.69, 9.17) is 4.74 Å². The van der Waals surface area contributed by atoms with Crippen LogP contribution in [0, 0.1) is 6.92 Å². The number of anilines is 1. The molecular weight excluding hydrogens is 352 g/mol. The number of hydrogen-bond donors (Lipinski definition) is 1. The summed E-state index contributed by atoms with van der Waals surface area (Å²) in [5, 5.41) is 2.88. The van der Waals surface area contributed by atoms with Crippen molar-refractivity contribution >= 4 is 11.6 Å². The third kappa shape index (κ3) is 3.91. The molecule has 0 fully saturated rings. The number of para-hydroxylation sites is 1. The molecule has 4 rings (SSSR count). The number of carbonyl (C=O) groups is 1. The predicted molar refractivity (Wildman–Crippen MR) is 107 cm³/mol. The van der Waals surface area contributed by atoms with Gasteiger partial charge in [-0.25, -0.2) is 9.97 Å². The molecule has 0 spiro atoms. The average Bonchev–Trinajstić information content (AvgIpc) is 3.22. The first kappa shape index (κ1) is 17.5. The molecule has 0 aliphatic heterocycles. The fraction of sp³-hybridized carbons (Fsp3) is 0.0455. The first-order valence-electron chi connectivity index (χ1n) is 8.79. The quantitative estimate of drug-likeness (QED) is 0.556. The number of aryl methyl sites for hydroxylation is 1. The number of imidazole rings is 1. The molecule has 0 aliphatic carbocycles. The fourth-order valence-corrected chi connectivity index (χ4v) is 2.69. The molecule has 4 aromatic rings. The lowest BCUT2D eigenvalue weighted by molar-refractivity contribution is 0.102. The molecule has 0 unspecified atom stereocenters. The molecule has 1 N–H and O–H groups in total. The highest BCUT2D eigenvalue weighted by atomic mass is 16.5. The van der Waals surface area contributed by atoms with Crippen molar-refractivity contribution < 1.29 is 9.53 Å². The van der Waals surface area contributed by atoms with Gasteiger partial charge in [0.1, 0.15) is 11.4 Å². The maximum absolute atomic E-state index is 12.7. The summed E-state index contributed by atoms with van der Waals surface area (Å²) in [6.45, 7) is 1.97. The van der Waals surface area contributed by atoms with Crippen LogP contribution in [0.1, 0.15) is 16.1 Å². The number of hydrogen-bond acceptors (Lipinski definition) is 4. The number of aromatic nitrogens is 3. The molecule has 138 valence electrons. The Hall–Kier alpha value is -3.93. The molecule has 28 heavy (non-hydrogen) atoms. The van der Waals surface area contributed by atoms with Crippen LogP contribution in [-0.4, -0.2) is 20.4 Å². The molecule has 0 saturated heterocycles. The Labute approximate surface area is 162 Å². The van der Waals surface area contributed by atoms with Gasteiger partial charge in [-0.15, -0.1) is 0 Å². The summed E-state index contributed by atoms with van der Waals surface area (Å²) >= 11 is 0. The molecule has 0 radical (unpaired) electrons. The monoisotopic (exact) mass is 370 g/mol.